The van der Waals surface area contributed by atoms with Gasteiger partial charge in [-0.1, -0.05) is 6.42 Å². The number of rotatable bonds is 12. The Morgan fingerprint density at radius 2 is 1.20 bits per heavy atom. The second kappa shape index (κ2) is 13.8. The lowest BCUT2D eigenvalue weighted by Crippen LogP contribution is -2.31. The molecule has 7 N–H and O–H groups in total. The van der Waals surface area contributed by atoms with Crippen LogP contribution in [0.5, 0.6) is 0 Å². The van der Waals surface area contributed by atoms with Crippen LogP contribution in [-0.2, 0) is 0 Å². The van der Waals surface area contributed by atoms with Crippen molar-refractivity contribution in [2.24, 2.45) is 11.5 Å². The van der Waals surface area contributed by atoms with E-state index >= 15 is 0 Å². The molecule has 0 aromatic heterocycles. The summed E-state index contributed by atoms with van der Waals surface area (Å²) in [5, 5.41) is 9.72. The van der Waals surface area contributed by atoms with Gasteiger partial charge in [-0.3, -0.25) is 0 Å². The van der Waals surface area contributed by atoms with Crippen molar-refractivity contribution in [2.75, 3.05) is 45.9 Å². The number of hydrogen-bond donors (Lipinski definition) is 5. The summed E-state index contributed by atoms with van der Waals surface area (Å²) in [6.45, 7) is 6.37. The monoisotopic (exact) mass is 217 g/mol. The molecule has 15 heavy (non-hydrogen) atoms. The molecule has 0 spiro atoms. The van der Waals surface area contributed by atoms with Gasteiger partial charge in [0.2, 0.25) is 0 Å². The van der Waals surface area contributed by atoms with Gasteiger partial charge in [-0.2, -0.15) is 0 Å². The zero-order chi connectivity index (χ0) is 11.2. The molecule has 0 unspecified atom stereocenters. The smallest absolute Gasteiger partial charge is 0.0429 e. The Morgan fingerprint density at radius 1 is 0.600 bits per heavy atom. The Bertz CT molecular complexity index is 98.0. The first kappa shape index (κ1) is 14.8. The second-order valence-electron chi connectivity index (χ2n) is 3.55. The molecule has 0 saturated heterocycles. The lowest BCUT2D eigenvalue weighted by atomic mass is 10.2. The Kier molecular flexibility index (Phi) is 13.6. The van der Waals surface area contributed by atoms with Gasteiger partial charge in [0.25, 0.3) is 0 Å². The molecule has 0 atom stereocenters. The van der Waals surface area contributed by atoms with Crippen LogP contribution < -0.4 is 27.4 Å². The van der Waals surface area contributed by atoms with Crippen molar-refractivity contribution in [1.82, 2.24) is 16.0 Å². The van der Waals surface area contributed by atoms with E-state index in [1.54, 1.807) is 0 Å². The van der Waals surface area contributed by atoms with Crippen LogP contribution in [0, 0.1) is 0 Å². The van der Waals surface area contributed by atoms with E-state index < -0.39 is 0 Å². The SMILES string of the molecule is NCCNCCCCCNCCNCN. The molecule has 0 radical (unpaired) electrons. The van der Waals surface area contributed by atoms with Gasteiger partial charge in [0.1, 0.15) is 0 Å². The molecule has 92 valence electrons. The van der Waals surface area contributed by atoms with Crippen LogP contribution in [0.2, 0.25) is 0 Å². The molecule has 0 rings (SSSR count). The molecular formula is C10H27N5. The summed E-state index contributed by atoms with van der Waals surface area (Å²) in [4.78, 5) is 0. The van der Waals surface area contributed by atoms with Gasteiger partial charge < -0.3 is 27.4 Å². The van der Waals surface area contributed by atoms with Crippen LogP contribution in [0.25, 0.3) is 0 Å². The van der Waals surface area contributed by atoms with E-state index in [1.165, 1.54) is 19.3 Å². The standard InChI is InChI=1S/C10H27N5/c11-4-7-13-5-2-1-3-6-14-8-9-15-10-12/h13-15H,1-12H2. The summed E-state index contributed by atoms with van der Waals surface area (Å²) >= 11 is 0. The van der Waals surface area contributed by atoms with Crippen LogP contribution in [0.15, 0.2) is 0 Å². The molecule has 0 saturated carbocycles. The number of nitrogens with two attached hydrogens (primary N) is 2. The fourth-order valence-corrected chi connectivity index (χ4v) is 1.31. The second-order valence-corrected chi connectivity index (χ2v) is 3.55. The van der Waals surface area contributed by atoms with Crippen molar-refractivity contribution in [3.05, 3.63) is 0 Å². The molecule has 0 aliphatic rings. The number of unbranched alkanes of at least 4 members (excludes halogenated alkanes) is 2. The average Bonchev–Trinajstić information content (AvgIpc) is 2.26. The van der Waals surface area contributed by atoms with E-state index in [0.29, 0.717) is 6.67 Å². The summed E-state index contributed by atoms with van der Waals surface area (Å²) in [5.41, 5.74) is 10.7. The first-order valence-corrected chi connectivity index (χ1v) is 5.94. The van der Waals surface area contributed by atoms with Gasteiger partial charge >= 0.3 is 0 Å². The van der Waals surface area contributed by atoms with Crippen LogP contribution in [0.3, 0.4) is 0 Å². The largest absolute Gasteiger partial charge is 0.329 e. The molecule has 5 heteroatoms. The van der Waals surface area contributed by atoms with Crippen molar-refractivity contribution in [3.63, 3.8) is 0 Å². The quantitative estimate of drug-likeness (QED) is 0.209. The minimum atomic E-state index is 0.564. The summed E-state index contributed by atoms with van der Waals surface area (Å²) in [6.07, 6.45) is 3.75. The highest BCUT2D eigenvalue weighted by atomic mass is 15.0. The average molecular weight is 217 g/mol. The third kappa shape index (κ3) is 13.8. The molecule has 5 nitrogen and oxygen atoms in total. The highest BCUT2D eigenvalue weighted by Crippen LogP contribution is 1.91. The van der Waals surface area contributed by atoms with Gasteiger partial charge in [0, 0.05) is 32.8 Å². The number of hydrogen-bond acceptors (Lipinski definition) is 5. The van der Waals surface area contributed by atoms with Crippen LogP contribution in [0.4, 0.5) is 0 Å². The van der Waals surface area contributed by atoms with Gasteiger partial charge in [-0.25, -0.2) is 0 Å². The maximum absolute atomic E-state index is 5.36. The fourth-order valence-electron chi connectivity index (χ4n) is 1.31. The molecular weight excluding hydrogens is 190 g/mol. The van der Waals surface area contributed by atoms with E-state index in [2.05, 4.69) is 16.0 Å². The van der Waals surface area contributed by atoms with Crippen molar-refractivity contribution in [3.8, 4) is 0 Å². The van der Waals surface area contributed by atoms with Crippen molar-refractivity contribution in [2.45, 2.75) is 19.3 Å². The first-order valence-electron chi connectivity index (χ1n) is 5.94. The molecule has 0 amide bonds. The van der Waals surface area contributed by atoms with E-state index in [0.717, 1.165) is 39.3 Å². The van der Waals surface area contributed by atoms with Crippen molar-refractivity contribution >= 4 is 0 Å². The van der Waals surface area contributed by atoms with Gasteiger partial charge in [0.05, 0.1) is 0 Å². The zero-order valence-electron chi connectivity index (χ0n) is 9.73. The van der Waals surface area contributed by atoms with Gasteiger partial charge in [0.15, 0.2) is 0 Å². The summed E-state index contributed by atoms with van der Waals surface area (Å²) in [6, 6.07) is 0. The Hall–Kier alpha value is -0.200. The third-order valence-electron chi connectivity index (χ3n) is 2.15. The number of nitrogens with one attached hydrogen (secondary N) is 3. The van der Waals surface area contributed by atoms with E-state index in [1.807, 2.05) is 0 Å². The summed E-state index contributed by atoms with van der Waals surface area (Å²) in [5.74, 6) is 0. The molecule has 0 bridgehead atoms. The molecule has 0 aromatic carbocycles. The predicted molar refractivity (Wildman–Crippen MR) is 65.7 cm³/mol. The summed E-state index contributed by atoms with van der Waals surface area (Å²) < 4.78 is 0. The minimum Gasteiger partial charge on any atom is -0.329 e. The van der Waals surface area contributed by atoms with Crippen LogP contribution in [0.1, 0.15) is 19.3 Å². The Labute approximate surface area is 93.4 Å². The molecule has 0 aromatic rings. The Balaban J connectivity index is 2.81. The zero-order valence-corrected chi connectivity index (χ0v) is 9.73. The molecule has 0 heterocycles. The lowest BCUT2D eigenvalue weighted by Gasteiger charge is -2.05. The fraction of sp³-hybridized carbons (Fsp3) is 1.00. The van der Waals surface area contributed by atoms with Gasteiger partial charge in [-0.05, 0) is 25.9 Å². The minimum absolute atomic E-state index is 0.564. The predicted octanol–water partition coefficient (Wildman–Crippen LogP) is -1.20. The Morgan fingerprint density at radius 3 is 1.80 bits per heavy atom. The van der Waals surface area contributed by atoms with E-state index in [9.17, 15) is 0 Å². The van der Waals surface area contributed by atoms with Gasteiger partial charge in [-0.15, -0.1) is 0 Å². The van der Waals surface area contributed by atoms with Crippen LogP contribution >= 0.6 is 0 Å². The maximum Gasteiger partial charge on any atom is 0.0429 e. The highest BCUT2D eigenvalue weighted by Gasteiger charge is 1.90. The topological polar surface area (TPSA) is 88.1 Å². The third-order valence-corrected chi connectivity index (χ3v) is 2.15. The summed E-state index contributed by atoms with van der Waals surface area (Å²) in [7, 11) is 0. The van der Waals surface area contributed by atoms with Crippen LogP contribution in [-0.4, -0.2) is 45.9 Å². The van der Waals surface area contributed by atoms with E-state index in [4.69, 9.17) is 11.5 Å². The molecule has 0 aliphatic heterocycles. The molecule has 0 fully saturated rings. The van der Waals surface area contributed by atoms with Crippen molar-refractivity contribution < 1.29 is 0 Å². The normalized spacial score (nSPS) is 10.8. The maximum atomic E-state index is 5.36. The van der Waals surface area contributed by atoms with E-state index in [-0.39, 0.29) is 0 Å². The lowest BCUT2D eigenvalue weighted by molar-refractivity contribution is 0.562. The molecule has 0 aliphatic carbocycles. The first-order chi connectivity index (χ1) is 7.41. The highest BCUT2D eigenvalue weighted by molar-refractivity contribution is 4.53. The van der Waals surface area contributed by atoms with Crippen molar-refractivity contribution in [1.29, 1.82) is 0 Å².